The van der Waals surface area contributed by atoms with Crippen molar-refractivity contribution >= 4 is 34.8 Å². The largest absolute Gasteiger partial charge is 0.380 e. The van der Waals surface area contributed by atoms with Crippen LogP contribution < -0.4 is 15.5 Å². The number of rotatable bonds is 6. The summed E-state index contributed by atoms with van der Waals surface area (Å²) in [5.41, 5.74) is 2.73. The van der Waals surface area contributed by atoms with Crippen molar-refractivity contribution in [1.29, 1.82) is 0 Å². The average molecular weight is 422 g/mol. The van der Waals surface area contributed by atoms with E-state index in [1.807, 2.05) is 30.3 Å². The highest BCUT2D eigenvalue weighted by Gasteiger charge is 2.26. The summed E-state index contributed by atoms with van der Waals surface area (Å²) >= 11 is 6.42. The number of benzene rings is 2. The lowest BCUT2D eigenvalue weighted by Gasteiger charge is -2.31. The van der Waals surface area contributed by atoms with Crippen LogP contribution in [0.2, 0.25) is 5.02 Å². The minimum atomic E-state index is -0.0281. The second kappa shape index (κ2) is 9.59. The van der Waals surface area contributed by atoms with Gasteiger partial charge in [0, 0.05) is 43.6 Å². The van der Waals surface area contributed by atoms with Gasteiger partial charge in [-0.1, -0.05) is 41.9 Å². The van der Waals surface area contributed by atoms with Crippen LogP contribution in [-0.2, 0) is 11.3 Å². The normalized spacial score (nSPS) is 14.4. The van der Waals surface area contributed by atoms with Gasteiger partial charge in [0.15, 0.2) is 0 Å². The molecule has 30 heavy (non-hydrogen) atoms. The van der Waals surface area contributed by atoms with Gasteiger partial charge in [0.2, 0.25) is 11.9 Å². The van der Waals surface area contributed by atoms with Crippen LogP contribution >= 0.6 is 11.6 Å². The minimum Gasteiger partial charge on any atom is -0.380 e. The standard InChI is InChI=1S/C23H24ClN5O/c24-20-15-19(7-8-21(20)27-16-17-5-2-1-3-6-17)28-22(30)18-9-13-29(14-10-18)23-25-11-4-12-26-23/h1-8,11-12,15,18,27H,9-10,13-14,16H2,(H,28,30). The Morgan fingerprint density at radius 3 is 2.47 bits per heavy atom. The zero-order chi connectivity index (χ0) is 20.8. The first-order valence-electron chi connectivity index (χ1n) is 10.1. The molecule has 0 aliphatic carbocycles. The van der Waals surface area contributed by atoms with Gasteiger partial charge >= 0.3 is 0 Å². The number of carbonyl (C=O) groups is 1. The first kappa shape index (κ1) is 20.2. The summed E-state index contributed by atoms with van der Waals surface area (Å²) < 4.78 is 0. The Morgan fingerprint density at radius 2 is 1.77 bits per heavy atom. The maximum atomic E-state index is 12.7. The first-order valence-corrected chi connectivity index (χ1v) is 10.5. The zero-order valence-corrected chi connectivity index (χ0v) is 17.3. The lowest BCUT2D eigenvalue weighted by molar-refractivity contribution is -0.120. The number of amides is 1. The SMILES string of the molecule is O=C(Nc1ccc(NCc2ccccc2)c(Cl)c1)C1CCN(c2ncccn2)CC1. The molecule has 1 aromatic heterocycles. The van der Waals surface area contributed by atoms with Crippen LogP contribution in [-0.4, -0.2) is 29.0 Å². The molecular formula is C23H24ClN5O. The van der Waals surface area contributed by atoms with Gasteiger partial charge in [-0.05, 0) is 42.7 Å². The van der Waals surface area contributed by atoms with Gasteiger partial charge in [0.05, 0.1) is 10.7 Å². The Labute approximate surface area is 181 Å². The fourth-order valence-corrected chi connectivity index (χ4v) is 3.82. The smallest absolute Gasteiger partial charge is 0.227 e. The van der Waals surface area contributed by atoms with E-state index in [0.717, 1.165) is 37.6 Å². The van der Waals surface area contributed by atoms with Gasteiger partial charge in [-0.3, -0.25) is 4.79 Å². The van der Waals surface area contributed by atoms with Crippen molar-refractivity contribution in [3.05, 3.63) is 77.6 Å². The Kier molecular flexibility index (Phi) is 6.44. The third-order valence-corrected chi connectivity index (χ3v) is 5.58. The van der Waals surface area contributed by atoms with Crippen molar-refractivity contribution < 1.29 is 4.79 Å². The van der Waals surface area contributed by atoms with Crippen LogP contribution in [0.15, 0.2) is 67.0 Å². The Balaban J connectivity index is 1.30. The number of piperidine rings is 1. The number of aromatic nitrogens is 2. The number of halogens is 1. The van der Waals surface area contributed by atoms with E-state index in [9.17, 15) is 4.79 Å². The molecule has 7 heteroatoms. The molecule has 0 saturated carbocycles. The van der Waals surface area contributed by atoms with Crippen LogP contribution in [0.4, 0.5) is 17.3 Å². The van der Waals surface area contributed by atoms with E-state index in [2.05, 4.69) is 37.6 Å². The quantitative estimate of drug-likeness (QED) is 0.608. The average Bonchev–Trinajstić information content (AvgIpc) is 2.80. The second-order valence-corrected chi connectivity index (χ2v) is 7.74. The summed E-state index contributed by atoms with van der Waals surface area (Å²) in [7, 11) is 0. The molecule has 2 N–H and O–H groups in total. The Morgan fingerprint density at radius 1 is 1.03 bits per heavy atom. The van der Waals surface area contributed by atoms with Gasteiger partial charge in [-0.2, -0.15) is 0 Å². The van der Waals surface area contributed by atoms with E-state index in [1.54, 1.807) is 24.5 Å². The lowest BCUT2D eigenvalue weighted by atomic mass is 9.96. The van der Waals surface area contributed by atoms with Gasteiger partial charge in [-0.25, -0.2) is 9.97 Å². The number of hydrogen-bond acceptors (Lipinski definition) is 5. The molecule has 4 rings (SSSR count). The monoisotopic (exact) mass is 421 g/mol. The first-order chi connectivity index (χ1) is 14.7. The van der Waals surface area contributed by atoms with Crippen molar-refractivity contribution in [2.45, 2.75) is 19.4 Å². The van der Waals surface area contributed by atoms with Crippen LogP contribution in [0.25, 0.3) is 0 Å². The molecule has 1 aliphatic rings. The van der Waals surface area contributed by atoms with Crippen molar-refractivity contribution in [2.24, 2.45) is 5.92 Å². The highest BCUT2D eigenvalue weighted by Crippen LogP contribution is 2.27. The van der Waals surface area contributed by atoms with E-state index in [1.165, 1.54) is 5.56 Å². The maximum absolute atomic E-state index is 12.7. The van der Waals surface area contributed by atoms with Crippen molar-refractivity contribution in [2.75, 3.05) is 28.6 Å². The maximum Gasteiger partial charge on any atom is 0.227 e. The molecule has 3 aromatic rings. The number of nitrogens with zero attached hydrogens (tertiary/aromatic N) is 3. The number of nitrogens with one attached hydrogen (secondary N) is 2. The van der Waals surface area contributed by atoms with Crippen LogP contribution in [0.5, 0.6) is 0 Å². The molecule has 6 nitrogen and oxygen atoms in total. The molecule has 154 valence electrons. The number of anilines is 3. The molecule has 2 heterocycles. The molecule has 1 aliphatic heterocycles. The zero-order valence-electron chi connectivity index (χ0n) is 16.6. The fraction of sp³-hybridized carbons (Fsp3) is 0.261. The van der Waals surface area contributed by atoms with Gasteiger partial charge < -0.3 is 15.5 Å². The van der Waals surface area contributed by atoms with Crippen LogP contribution in [0.3, 0.4) is 0 Å². The molecule has 1 saturated heterocycles. The van der Waals surface area contributed by atoms with E-state index < -0.39 is 0 Å². The fourth-order valence-electron chi connectivity index (χ4n) is 3.57. The third kappa shape index (κ3) is 5.07. The number of carbonyl (C=O) groups excluding carboxylic acids is 1. The molecule has 1 fully saturated rings. The summed E-state index contributed by atoms with van der Waals surface area (Å²) in [4.78, 5) is 23.4. The van der Waals surface area contributed by atoms with Gasteiger partial charge in [0.1, 0.15) is 0 Å². The van der Waals surface area contributed by atoms with Gasteiger partial charge in [0.25, 0.3) is 0 Å². The van der Waals surface area contributed by atoms with Crippen molar-refractivity contribution in [1.82, 2.24) is 9.97 Å². The van der Waals surface area contributed by atoms with E-state index in [0.29, 0.717) is 17.3 Å². The summed E-state index contributed by atoms with van der Waals surface area (Å²) in [5.74, 6) is 0.728. The van der Waals surface area contributed by atoms with Crippen molar-refractivity contribution in [3.8, 4) is 0 Å². The Hall–Kier alpha value is -3.12. The molecule has 1 amide bonds. The van der Waals surface area contributed by atoms with Crippen molar-refractivity contribution in [3.63, 3.8) is 0 Å². The minimum absolute atomic E-state index is 0.0281. The lowest BCUT2D eigenvalue weighted by Crippen LogP contribution is -2.39. The van der Waals surface area contributed by atoms with E-state index in [4.69, 9.17) is 11.6 Å². The predicted molar refractivity (Wildman–Crippen MR) is 121 cm³/mol. The summed E-state index contributed by atoms with van der Waals surface area (Å²) in [6, 6.07) is 17.5. The summed E-state index contributed by atoms with van der Waals surface area (Å²) in [6.07, 6.45) is 5.02. The van der Waals surface area contributed by atoms with Crippen LogP contribution in [0, 0.1) is 5.92 Å². The van der Waals surface area contributed by atoms with E-state index >= 15 is 0 Å². The molecule has 0 bridgehead atoms. The molecule has 0 unspecified atom stereocenters. The van der Waals surface area contributed by atoms with E-state index in [-0.39, 0.29) is 11.8 Å². The second-order valence-electron chi connectivity index (χ2n) is 7.33. The third-order valence-electron chi connectivity index (χ3n) is 5.26. The topological polar surface area (TPSA) is 70.2 Å². The van der Waals surface area contributed by atoms with Crippen LogP contribution in [0.1, 0.15) is 18.4 Å². The summed E-state index contributed by atoms with van der Waals surface area (Å²) in [5, 5.41) is 6.92. The number of hydrogen-bond donors (Lipinski definition) is 2. The molecule has 2 aromatic carbocycles. The molecular weight excluding hydrogens is 398 g/mol. The van der Waals surface area contributed by atoms with Gasteiger partial charge in [-0.15, -0.1) is 0 Å². The molecule has 0 radical (unpaired) electrons. The summed E-state index contributed by atoms with van der Waals surface area (Å²) in [6.45, 7) is 2.23. The Bertz CT molecular complexity index is 975. The molecule has 0 atom stereocenters. The molecule has 0 spiro atoms. The predicted octanol–water partition coefficient (Wildman–Crippen LogP) is 4.60. The highest BCUT2D eigenvalue weighted by atomic mass is 35.5. The highest BCUT2D eigenvalue weighted by molar-refractivity contribution is 6.33.